The Morgan fingerprint density at radius 2 is 1.79 bits per heavy atom. The molecule has 11 heteroatoms. The number of unbranched alkanes of at least 4 members (excludes halogenated alkanes) is 1. The Labute approximate surface area is 200 Å². The molecule has 0 aromatic carbocycles. The molecule has 0 saturated carbocycles. The van der Waals surface area contributed by atoms with Crippen molar-refractivity contribution in [3.8, 4) is 0 Å². The molecule has 0 aromatic rings. The molecule has 5 unspecified atom stereocenters. The third kappa shape index (κ3) is 9.13. The fourth-order valence-electron chi connectivity index (χ4n) is 3.79. The molecule has 7 N–H and O–H groups in total. The minimum Gasteiger partial charge on any atom is -0.480 e. The average molecular weight is 488 g/mol. The van der Waals surface area contributed by atoms with E-state index in [0.29, 0.717) is 57.4 Å². The van der Waals surface area contributed by atoms with E-state index in [1.807, 2.05) is 20.1 Å². The highest BCUT2D eigenvalue weighted by Crippen LogP contribution is 2.20. The van der Waals surface area contributed by atoms with Gasteiger partial charge in [0, 0.05) is 6.54 Å². The molecule has 190 valence electrons. The average Bonchev–Trinajstić information content (AvgIpc) is 3.29. The summed E-state index contributed by atoms with van der Waals surface area (Å²) in [7, 11) is 0. The second kappa shape index (κ2) is 15.1. The van der Waals surface area contributed by atoms with Gasteiger partial charge in [-0.3, -0.25) is 14.4 Å². The number of carboxylic acid groups (broad SMARTS) is 1. The molecule has 1 fully saturated rings. The highest BCUT2D eigenvalue weighted by molar-refractivity contribution is 7.98. The first-order chi connectivity index (χ1) is 15.7. The van der Waals surface area contributed by atoms with Crippen molar-refractivity contribution in [1.29, 1.82) is 0 Å². The van der Waals surface area contributed by atoms with Crippen molar-refractivity contribution in [1.82, 2.24) is 15.5 Å². The largest absolute Gasteiger partial charge is 0.480 e. The van der Waals surface area contributed by atoms with Gasteiger partial charge < -0.3 is 32.1 Å². The summed E-state index contributed by atoms with van der Waals surface area (Å²) in [6.45, 7) is 4.62. The van der Waals surface area contributed by atoms with Crippen LogP contribution in [0.4, 0.5) is 0 Å². The number of carbonyl (C=O) groups is 4. The standard InChI is InChI=1S/C22H41N5O5S/c1-4-14(2)18(24)20(29)25-15(10-13-33-3)19(28)26-16(8-5-6-11-23)21(30)27-12-7-9-17(27)22(31)32/h14-18H,4-13,23-24H2,1-3H3,(H,25,29)(H,26,28)(H,31,32). The first-order valence-electron chi connectivity index (χ1n) is 11.8. The van der Waals surface area contributed by atoms with E-state index in [2.05, 4.69) is 10.6 Å². The molecule has 0 aliphatic carbocycles. The van der Waals surface area contributed by atoms with Gasteiger partial charge in [-0.2, -0.15) is 11.8 Å². The van der Waals surface area contributed by atoms with E-state index < -0.39 is 47.9 Å². The lowest BCUT2D eigenvalue weighted by Gasteiger charge is -2.29. The molecule has 1 heterocycles. The maximum atomic E-state index is 13.2. The summed E-state index contributed by atoms with van der Waals surface area (Å²) in [5, 5.41) is 15.0. The van der Waals surface area contributed by atoms with E-state index in [0.717, 1.165) is 6.42 Å². The van der Waals surface area contributed by atoms with E-state index in [4.69, 9.17) is 11.5 Å². The van der Waals surface area contributed by atoms with Crippen LogP contribution in [0.3, 0.4) is 0 Å². The summed E-state index contributed by atoms with van der Waals surface area (Å²) >= 11 is 1.54. The molecule has 3 amide bonds. The van der Waals surface area contributed by atoms with Crippen LogP contribution in [0.25, 0.3) is 0 Å². The Morgan fingerprint density at radius 3 is 2.36 bits per heavy atom. The van der Waals surface area contributed by atoms with Gasteiger partial charge in [0.25, 0.3) is 0 Å². The Hall–Kier alpha value is -1.85. The zero-order valence-electron chi connectivity index (χ0n) is 20.0. The molecule has 0 spiro atoms. The van der Waals surface area contributed by atoms with Crippen LogP contribution in [0.1, 0.15) is 58.8 Å². The smallest absolute Gasteiger partial charge is 0.326 e. The number of hydrogen-bond donors (Lipinski definition) is 5. The third-order valence-corrected chi connectivity index (χ3v) is 6.83. The number of hydrogen-bond acceptors (Lipinski definition) is 7. The second-order valence-corrected chi connectivity index (χ2v) is 9.61. The van der Waals surface area contributed by atoms with Crippen molar-refractivity contribution < 1.29 is 24.3 Å². The van der Waals surface area contributed by atoms with Gasteiger partial charge in [-0.1, -0.05) is 20.3 Å². The van der Waals surface area contributed by atoms with Crippen LogP contribution < -0.4 is 22.1 Å². The number of carboxylic acids is 1. The molecule has 1 saturated heterocycles. The lowest BCUT2D eigenvalue weighted by molar-refractivity contribution is -0.149. The van der Waals surface area contributed by atoms with Gasteiger partial charge in [0.15, 0.2) is 0 Å². The first kappa shape index (κ1) is 29.2. The Morgan fingerprint density at radius 1 is 1.12 bits per heavy atom. The summed E-state index contributed by atoms with van der Waals surface area (Å²) < 4.78 is 0. The van der Waals surface area contributed by atoms with E-state index in [9.17, 15) is 24.3 Å². The SMILES string of the molecule is CCC(C)C(N)C(=O)NC(CCSC)C(=O)NC(CCCCN)C(=O)N1CCCC1C(=O)O. The van der Waals surface area contributed by atoms with Gasteiger partial charge in [-0.15, -0.1) is 0 Å². The van der Waals surface area contributed by atoms with Crippen molar-refractivity contribution in [3.63, 3.8) is 0 Å². The lowest BCUT2D eigenvalue weighted by Crippen LogP contribution is -2.57. The van der Waals surface area contributed by atoms with Gasteiger partial charge >= 0.3 is 5.97 Å². The zero-order valence-corrected chi connectivity index (χ0v) is 20.9. The van der Waals surface area contributed by atoms with Gasteiger partial charge in [-0.05, 0) is 63.0 Å². The number of carbonyl (C=O) groups excluding carboxylic acids is 3. The maximum Gasteiger partial charge on any atom is 0.326 e. The van der Waals surface area contributed by atoms with Crippen molar-refractivity contribution in [2.24, 2.45) is 17.4 Å². The van der Waals surface area contributed by atoms with Crippen LogP contribution in [0.15, 0.2) is 0 Å². The van der Waals surface area contributed by atoms with Crippen molar-refractivity contribution in [2.75, 3.05) is 25.1 Å². The molecule has 0 aromatic heterocycles. The number of nitrogens with one attached hydrogen (secondary N) is 2. The molecule has 33 heavy (non-hydrogen) atoms. The van der Waals surface area contributed by atoms with E-state index in [-0.39, 0.29) is 5.92 Å². The summed E-state index contributed by atoms with van der Waals surface area (Å²) in [4.78, 5) is 51.8. The fraction of sp³-hybridized carbons (Fsp3) is 0.818. The highest BCUT2D eigenvalue weighted by Gasteiger charge is 2.38. The molecule has 0 bridgehead atoms. The van der Waals surface area contributed by atoms with Crippen LogP contribution >= 0.6 is 11.8 Å². The summed E-state index contributed by atoms with van der Waals surface area (Å²) in [5.41, 5.74) is 11.6. The number of thioether (sulfide) groups is 1. The minimum absolute atomic E-state index is 0.0389. The Balaban J connectivity index is 2.97. The topological polar surface area (TPSA) is 168 Å². The predicted octanol–water partition coefficient (Wildman–Crippen LogP) is 0.287. The molecular formula is C22H41N5O5S. The van der Waals surface area contributed by atoms with E-state index in [1.165, 1.54) is 4.90 Å². The molecule has 1 aliphatic rings. The summed E-state index contributed by atoms with van der Waals surface area (Å²) in [5.74, 6) is -1.72. The fourth-order valence-corrected chi connectivity index (χ4v) is 4.27. The summed E-state index contributed by atoms with van der Waals surface area (Å²) in [6, 6.07) is -3.32. The van der Waals surface area contributed by atoms with Gasteiger partial charge in [0.05, 0.1) is 6.04 Å². The number of amides is 3. The van der Waals surface area contributed by atoms with Crippen LogP contribution in [0.5, 0.6) is 0 Å². The van der Waals surface area contributed by atoms with Crippen LogP contribution in [-0.2, 0) is 19.2 Å². The lowest BCUT2D eigenvalue weighted by atomic mass is 9.99. The predicted molar refractivity (Wildman–Crippen MR) is 130 cm³/mol. The Bertz CT molecular complexity index is 665. The molecule has 5 atom stereocenters. The van der Waals surface area contributed by atoms with Crippen molar-refractivity contribution in [2.45, 2.75) is 83.0 Å². The number of nitrogens with zero attached hydrogens (tertiary/aromatic N) is 1. The zero-order chi connectivity index (χ0) is 25.0. The molecule has 10 nitrogen and oxygen atoms in total. The molecule has 1 rings (SSSR count). The minimum atomic E-state index is -1.04. The van der Waals surface area contributed by atoms with Crippen LogP contribution in [-0.4, -0.2) is 83.0 Å². The highest BCUT2D eigenvalue weighted by atomic mass is 32.2. The van der Waals surface area contributed by atoms with Gasteiger partial charge in [0.2, 0.25) is 17.7 Å². The van der Waals surface area contributed by atoms with Crippen molar-refractivity contribution >= 4 is 35.5 Å². The number of likely N-dealkylation sites (tertiary alicyclic amines) is 1. The normalized spacial score (nSPS) is 19.4. The number of rotatable bonds is 15. The van der Waals surface area contributed by atoms with E-state index >= 15 is 0 Å². The third-order valence-electron chi connectivity index (χ3n) is 6.19. The Kier molecular flexibility index (Phi) is 13.4. The number of aliphatic carboxylic acids is 1. The van der Waals surface area contributed by atoms with Gasteiger partial charge in [0.1, 0.15) is 18.1 Å². The second-order valence-electron chi connectivity index (χ2n) is 8.63. The molecule has 1 aliphatic heterocycles. The monoisotopic (exact) mass is 487 g/mol. The first-order valence-corrected chi connectivity index (χ1v) is 13.2. The van der Waals surface area contributed by atoms with Crippen LogP contribution in [0, 0.1) is 5.92 Å². The molecular weight excluding hydrogens is 446 g/mol. The quantitative estimate of drug-likeness (QED) is 0.205. The number of nitrogens with two attached hydrogens (primary N) is 2. The maximum absolute atomic E-state index is 13.2. The van der Waals surface area contributed by atoms with E-state index in [1.54, 1.807) is 11.8 Å². The van der Waals surface area contributed by atoms with Gasteiger partial charge in [-0.25, -0.2) is 4.79 Å². The van der Waals surface area contributed by atoms with Crippen molar-refractivity contribution in [3.05, 3.63) is 0 Å². The summed E-state index contributed by atoms with van der Waals surface area (Å²) in [6.07, 6.45) is 5.65. The van der Waals surface area contributed by atoms with Crippen LogP contribution in [0.2, 0.25) is 0 Å². The molecule has 0 radical (unpaired) electrons.